The normalized spacial score (nSPS) is 11.2. The Balaban J connectivity index is 1.91. The third-order valence-corrected chi connectivity index (χ3v) is 4.22. The topological polar surface area (TPSA) is 114 Å². The highest BCUT2D eigenvalue weighted by molar-refractivity contribution is 7.08. The van der Waals surface area contributed by atoms with Crippen LogP contribution in [-0.2, 0) is 28.4 Å². The SMILES string of the molecule is OCCOCCOCCOCCOc1cscc1OCCOCCOCCOCCO. The summed E-state index contributed by atoms with van der Waals surface area (Å²) in [6, 6.07) is 0. The average Bonchev–Trinajstić information content (AvgIpc) is 3.23. The Bertz CT molecular complexity index is 448. The van der Waals surface area contributed by atoms with E-state index in [2.05, 4.69) is 0 Å². The molecule has 1 rings (SSSR count). The van der Waals surface area contributed by atoms with Gasteiger partial charge in [-0.1, -0.05) is 0 Å². The molecular formula is C20H36O10S. The zero-order valence-corrected chi connectivity index (χ0v) is 18.9. The predicted molar refractivity (Wildman–Crippen MR) is 114 cm³/mol. The van der Waals surface area contributed by atoms with Crippen molar-refractivity contribution in [3.05, 3.63) is 10.8 Å². The van der Waals surface area contributed by atoms with Gasteiger partial charge in [0.1, 0.15) is 13.2 Å². The van der Waals surface area contributed by atoms with Crippen LogP contribution in [0.2, 0.25) is 0 Å². The lowest BCUT2D eigenvalue weighted by molar-refractivity contribution is 0.00244. The lowest BCUT2D eigenvalue weighted by Crippen LogP contribution is -2.14. The summed E-state index contributed by atoms with van der Waals surface area (Å²) in [5.74, 6) is 1.38. The zero-order chi connectivity index (χ0) is 22.2. The highest BCUT2D eigenvalue weighted by Gasteiger charge is 2.06. The number of thiophene rings is 1. The van der Waals surface area contributed by atoms with Crippen LogP contribution in [-0.4, -0.2) is 116 Å². The van der Waals surface area contributed by atoms with E-state index in [-0.39, 0.29) is 13.2 Å². The number of hydrogen-bond donors (Lipinski definition) is 2. The molecule has 0 saturated carbocycles. The van der Waals surface area contributed by atoms with E-state index < -0.39 is 0 Å². The number of hydrogen-bond acceptors (Lipinski definition) is 11. The standard InChI is InChI=1S/C20H36O10S/c21-1-3-23-5-7-25-9-11-27-13-15-29-19-17-31-18-20(19)30-16-14-28-12-10-26-8-6-24-4-2-22/h17-18,21-22H,1-16H2. The minimum absolute atomic E-state index is 0.0213. The number of aliphatic hydroxyl groups is 2. The van der Waals surface area contributed by atoms with E-state index in [1.54, 1.807) is 0 Å². The smallest absolute Gasteiger partial charge is 0.171 e. The maximum Gasteiger partial charge on any atom is 0.171 e. The summed E-state index contributed by atoms with van der Waals surface area (Å²) < 4.78 is 43.1. The summed E-state index contributed by atoms with van der Waals surface area (Å²) in [6.45, 7) is 6.26. The van der Waals surface area contributed by atoms with Gasteiger partial charge >= 0.3 is 0 Å². The van der Waals surface area contributed by atoms with Crippen molar-refractivity contribution in [3.8, 4) is 11.5 Å². The zero-order valence-electron chi connectivity index (χ0n) is 18.0. The van der Waals surface area contributed by atoms with Crippen LogP contribution < -0.4 is 9.47 Å². The van der Waals surface area contributed by atoms with Crippen LogP contribution in [0, 0.1) is 0 Å². The Morgan fingerprint density at radius 2 is 0.742 bits per heavy atom. The van der Waals surface area contributed by atoms with Crippen LogP contribution in [0.1, 0.15) is 0 Å². The molecule has 0 amide bonds. The number of rotatable bonds is 24. The minimum Gasteiger partial charge on any atom is -0.486 e. The van der Waals surface area contributed by atoms with E-state index in [1.807, 2.05) is 10.8 Å². The summed E-state index contributed by atoms with van der Waals surface area (Å²) in [7, 11) is 0. The maximum absolute atomic E-state index is 8.57. The molecule has 182 valence electrons. The molecule has 1 aromatic rings. The molecule has 0 aliphatic rings. The van der Waals surface area contributed by atoms with Crippen molar-refractivity contribution in [2.75, 3.05) is 106 Å². The number of aliphatic hydroxyl groups excluding tert-OH is 2. The Labute approximate surface area is 187 Å². The first kappa shape index (κ1) is 28.0. The fraction of sp³-hybridized carbons (Fsp3) is 0.800. The van der Waals surface area contributed by atoms with Crippen LogP contribution in [0.5, 0.6) is 11.5 Å². The summed E-state index contributed by atoms with van der Waals surface area (Å²) in [4.78, 5) is 0. The van der Waals surface area contributed by atoms with Crippen LogP contribution >= 0.6 is 11.3 Å². The van der Waals surface area contributed by atoms with Gasteiger partial charge in [0.25, 0.3) is 0 Å². The molecule has 31 heavy (non-hydrogen) atoms. The van der Waals surface area contributed by atoms with E-state index in [4.69, 9.17) is 48.1 Å². The molecule has 0 fully saturated rings. The van der Waals surface area contributed by atoms with Gasteiger partial charge in [-0.25, -0.2) is 0 Å². The van der Waals surface area contributed by atoms with Crippen LogP contribution in [0.4, 0.5) is 0 Å². The second-order valence-electron chi connectivity index (χ2n) is 5.92. The van der Waals surface area contributed by atoms with Gasteiger partial charge < -0.3 is 48.1 Å². The highest BCUT2D eigenvalue weighted by Crippen LogP contribution is 2.31. The molecule has 0 saturated heterocycles. The molecule has 0 unspecified atom stereocenters. The van der Waals surface area contributed by atoms with Crippen molar-refractivity contribution in [2.45, 2.75) is 0 Å². The van der Waals surface area contributed by atoms with Crippen molar-refractivity contribution in [1.29, 1.82) is 0 Å². The number of ether oxygens (including phenoxy) is 8. The Kier molecular flexibility index (Phi) is 20.0. The minimum atomic E-state index is 0.0213. The van der Waals surface area contributed by atoms with Gasteiger partial charge in [0.05, 0.1) is 92.5 Å². The lowest BCUT2D eigenvalue weighted by Gasteiger charge is -2.10. The monoisotopic (exact) mass is 468 g/mol. The van der Waals surface area contributed by atoms with Crippen LogP contribution in [0.3, 0.4) is 0 Å². The fourth-order valence-corrected chi connectivity index (χ4v) is 2.80. The lowest BCUT2D eigenvalue weighted by atomic mass is 10.5. The molecule has 0 aromatic carbocycles. The molecule has 0 atom stereocenters. The van der Waals surface area contributed by atoms with E-state index in [1.165, 1.54) is 11.3 Å². The molecule has 1 heterocycles. The highest BCUT2D eigenvalue weighted by atomic mass is 32.1. The molecule has 1 aromatic heterocycles. The maximum atomic E-state index is 8.57. The van der Waals surface area contributed by atoms with Crippen LogP contribution in [0.15, 0.2) is 10.8 Å². The molecule has 0 aliphatic carbocycles. The average molecular weight is 469 g/mol. The third kappa shape index (κ3) is 17.2. The van der Waals surface area contributed by atoms with Crippen molar-refractivity contribution < 1.29 is 48.1 Å². The summed E-state index contributed by atoms with van der Waals surface area (Å²) in [6.07, 6.45) is 0. The van der Waals surface area contributed by atoms with E-state index >= 15 is 0 Å². The van der Waals surface area contributed by atoms with Crippen molar-refractivity contribution in [1.82, 2.24) is 0 Å². The summed E-state index contributed by atoms with van der Waals surface area (Å²) >= 11 is 1.51. The van der Waals surface area contributed by atoms with E-state index in [0.29, 0.717) is 104 Å². The van der Waals surface area contributed by atoms with Gasteiger partial charge in [0.15, 0.2) is 11.5 Å². The molecule has 0 radical (unpaired) electrons. The molecule has 0 spiro atoms. The Hall–Kier alpha value is -1.02. The van der Waals surface area contributed by atoms with Crippen molar-refractivity contribution >= 4 is 11.3 Å². The van der Waals surface area contributed by atoms with Crippen molar-refractivity contribution in [3.63, 3.8) is 0 Å². The third-order valence-electron chi connectivity index (χ3n) is 3.52. The van der Waals surface area contributed by atoms with Gasteiger partial charge in [0.2, 0.25) is 0 Å². The molecule has 0 bridgehead atoms. The van der Waals surface area contributed by atoms with Crippen molar-refractivity contribution in [2.24, 2.45) is 0 Å². The van der Waals surface area contributed by atoms with E-state index in [9.17, 15) is 0 Å². The predicted octanol–water partition coefficient (Wildman–Crippen LogP) is 0.590. The largest absolute Gasteiger partial charge is 0.486 e. The molecule has 0 aliphatic heterocycles. The second kappa shape index (κ2) is 22.2. The summed E-state index contributed by atoms with van der Waals surface area (Å²) in [5, 5.41) is 20.9. The Morgan fingerprint density at radius 1 is 0.452 bits per heavy atom. The molecule has 10 nitrogen and oxygen atoms in total. The second-order valence-corrected chi connectivity index (χ2v) is 6.66. The Morgan fingerprint density at radius 3 is 1.06 bits per heavy atom. The van der Waals surface area contributed by atoms with Gasteiger partial charge in [-0.05, 0) is 0 Å². The molecule has 11 heteroatoms. The quantitative estimate of drug-likeness (QED) is 0.209. The van der Waals surface area contributed by atoms with Gasteiger partial charge in [0, 0.05) is 10.8 Å². The summed E-state index contributed by atoms with van der Waals surface area (Å²) in [5.41, 5.74) is 0. The van der Waals surface area contributed by atoms with Gasteiger partial charge in [-0.2, -0.15) is 0 Å². The van der Waals surface area contributed by atoms with Crippen LogP contribution in [0.25, 0.3) is 0 Å². The molecule has 2 N–H and O–H groups in total. The first-order valence-corrected chi connectivity index (χ1v) is 11.3. The fourth-order valence-electron chi connectivity index (χ4n) is 2.12. The van der Waals surface area contributed by atoms with Gasteiger partial charge in [-0.3, -0.25) is 0 Å². The molecular weight excluding hydrogens is 432 g/mol. The van der Waals surface area contributed by atoms with Gasteiger partial charge in [-0.15, -0.1) is 11.3 Å². The first-order valence-electron chi connectivity index (χ1n) is 10.4. The first-order chi connectivity index (χ1) is 15.4. The van der Waals surface area contributed by atoms with E-state index in [0.717, 1.165) is 0 Å².